The topological polar surface area (TPSA) is 70.6 Å². The number of nitrogens with zero attached hydrogens (tertiary/aromatic N) is 1. The van der Waals surface area contributed by atoms with E-state index in [9.17, 15) is 0 Å². The minimum absolute atomic E-state index is 0.207. The zero-order valence-electron chi connectivity index (χ0n) is 11.8. The van der Waals surface area contributed by atoms with Crippen LogP contribution in [-0.2, 0) is 0 Å². The second kappa shape index (κ2) is 8.53. The van der Waals surface area contributed by atoms with Crippen molar-refractivity contribution in [1.29, 1.82) is 0 Å². The molecule has 0 aliphatic heterocycles. The van der Waals surface area contributed by atoms with Crippen LogP contribution in [0.15, 0.2) is 35.3 Å². The van der Waals surface area contributed by atoms with Crippen LogP contribution in [0.1, 0.15) is 26.7 Å². The fourth-order valence-electron chi connectivity index (χ4n) is 2.07. The molecule has 0 bridgehead atoms. The Hall–Kier alpha value is -1.55. The largest absolute Gasteiger partial charge is 0.396 e. The van der Waals surface area contributed by atoms with Crippen LogP contribution in [0.2, 0.25) is 0 Å². The van der Waals surface area contributed by atoms with E-state index in [4.69, 9.17) is 10.8 Å². The molecule has 4 heteroatoms. The highest BCUT2D eigenvalue weighted by Crippen LogP contribution is 2.15. The lowest BCUT2D eigenvalue weighted by Crippen LogP contribution is -2.24. The molecule has 1 aromatic rings. The molecule has 4 N–H and O–H groups in total. The number of nitrogens with one attached hydrogen (secondary N) is 1. The summed E-state index contributed by atoms with van der Waals surface area (Å²) in [5.41, 5.74) is 6.79. The van der Waals surface area contributed by atoms with E-state index in [1.807, 2.05) is 30.3 Å². The zero-order valence-corrected chi connectivity index (χ0v) is 11.8. The first-order valence-corrected chi connectivity index (χ1v) is 6.84. The Morgan fingerprint density at radius 1 is 1.32 bits per heavy atom. The number of benzene rings is 1. The second-order valence-corrected chi connectivity index (χ2v) is 5.22. The summed E-state index contributed by atoms with van der Waals surface area (Å²) >= 11 is 0. The van der Waals surface area contributed by atoms with Crippen molar-refractivity contribution in [3.63, 3.8) is 0 Å². The first-order valence-electron chi connectivity index (χ1n) is 6.84. The quantitative estimate of drug-likeness (QED) is 0.523. The van der Waals surface area contributed by atoms with Crippen molar-refractivity contribution in [2.75, 3.05) is 18.5 Å². The van der Waals surface area contributed by atoms with Gasteiger partial charge in [0.05, 0.1) is 0 Å². The number of rotatable bonds is 7. The number of anilines is 1. The van der Waals surface area contributed by atoms with Crippen LogP contribution in [-0.4, -0.2) is 24.2 Å². The third kappa shape index (κ3) is 6.82. The maximum absolute atomic E-state index is 9.05. The first-order chi connectivity index (χ1) is 9.11. The Labute approximate surface area is 115 Å². The van der Waals surface area contributed by atoms with E-state index in [1.54, 1.807) is 0 Å². The molecular weight excluding hydrogens is 238 g/mol. The SMILES string of the molecule is CC(C)CC(CCO)CN=C(N)Nc1ccccc1. The van der Waals surface area contributed by atoms with Crippen LogP contribution in [0.25, 0.3) is 0 Å². The maximum atomic E-state index is 9.05. The molecule has 0 fully saturated rings. The number of aliphatic hydroxyl groups is 1. The van der Waals surface area contributed by atoms with E-state index in [0.717, 1.165) is 18.5 Å². The molecule has 0 aromatic heterocycles. The second-order valence-electron chi connectivity index (χ2n) is 5.22. The summed E-state index contributed by atoms with van der Waals surface area (Å²) in [5.74, 6) is 1.43. The van der Waals surface area contributed by atoms with Gasteiger partial charge in [0.1, 0.15) is 0 Å². The van der Waals surface area contributed by atoms with Crippen LogP contribution >= 0.6 is 0 Å². The van der Waals surface area contributed by atoms with Crippen molar-refractivity contribution in [2.24, 2.45) is 22.6 Å². The Morgan fingerprint density at radius 2 is 2.00 bits per heavy atom. The average molecular weight is 263 g/mol. The van der Waals surface area contributed by atoms with Crippen molar-refractivity contribution in [1.82, 2.24) is 0 Å². The number of aliphatic hydroxyl groups excluding tert-OH is 1. The summed E-state index contributed by atoms with van der Waals surface area (Å²) < 4.78 is 0. The van der Waals surface area contributed by atoms with Crippen LogP contribution < -0.4 is 11.1 Å². The summed E-state index contributed by atoms with van der Waals surface area (Å²) in [6.45, 7) is 5.22. The number of hydrogen-bond donors (Lipinski definition) is 3. The Bertz CT molecular complexity index is 376. The number of hydrogen-bond acceptors (Lipinski definition) is 2. The van der Waals surface area contributed by atoms with Crippen molar-refractivity contribution >= 4 is 11.6 Å². The number of para-hydroxylation sites is 1. The lowest BCUT2D eigenvalue weighted by Gasteiger charge is -2.16. The molecule has 0 spiro atoms. The van der Waals surface area contributed by atoms with Gasteiger partial charge in [0, 0.05) is 18.8 Å². The summed E-state index contributed by atoms with van der Waals surface area (Å²) in [5, 5.41) is 12.1. The van der Waals surface area contributed by atoms with E-state index in [2.05, 4.69) is 24.2 Å². The molecule has 1 aromatic carbocycles. The molecule has 0 heterocycles. The van der Waals surface area contributed by atoms with Gasteiger partial charge in [0.15, 0.2) is 5.96 Å². The summed E-state index contributed by atoms with van der Waals surface area (Å²) in [7, 11) is 0. The number of nitrogens with two attached hydrogens (primary N) is 1. The van der Waals surface area contributed by atoms with Gasteiger partial charge < -0.3 is 16.2 Å². The van der Waals surface area contributed by atoms with E-state index < -0.39 is 0 Å². The van der Waals surface area contributed by atoms with Gasteiger partial charge in [-0.25, -0.2) is 0 Å². The zero-order chi connectivity index (χ0) is 14.1. The predicted octanol–water partition coefficient (Wildman–Crippen LogP) is 2.46. The number of guanidine groups is 1. The first kappa shape index (κ1) is 15.5. The fraction of sp³-hybridized carbons (Fsp3) is 0.533. The van der Waals surface area contributed by atoms with Crippen molar-refractivity contribution in [3.8, 4) is 0 Å². The standard InChI is InChI=1S/C15H25N3O/c1-12(2)10-13(8-9-19)11-17-15(16)18-14-6-4-3-5-7-14/h3-7,12-13,19H,8-11H2,1-2H3,(H3,16,17,18). The molecular formula is C15H25N3O. The fourth-order valence-corrected chi connectivity index (χ4v) is 2.07. The molecule has 0 aliphatic carbocycles. The molecule has 0 saturated heterocycles. The Kier molecular flexibility index (Phi) is 6.97. The van der Waals surface area contributed by atoms with Gasteiger partial charge in [0.25, 0.3) is 0 Å². The van der Waals surface area contributed by atoms with Gasteiger partial charge in [-0.05, 0) is 36.8 Å². The Balaban J connectivity index is 2.48. The lowest BCUT2D eigenvalue weighted by atomic mass is 9.94. The van der Waals surface area contributed by atoms with Gasteiger partial charge in [-0.3, -0.25) is 4.99 Å². The van der Waals surface area contributed by atoms with Crippen LogP contribution in [0.4, 0.5) is 5.69 Å². The molecule has 4 nitrogen and oxygen atoms in total. The maximum Gasteiger partial charge on any atom is 0.193 e. The highest BCUT2D eigenvalue weighted by Gasteiger charge is 2.10. The monoisotopic (exact) mass is 263 g/mol. The van der Waals surface area contributed by atoms with Crippen molar-refractivity contribution in [3.05, 3.63) is 30.3 Å². The highest BCUT2D eigenvalue weighted by atomic mass is 16.3. The molecule has 1 rings (SSSR count). The Morgan fingerprint density at radius 3 is 2.58 bits per heavy atom. The molecule has 0 radical (unpaired) electrons. The lowest BCUT2D eigenvalue weighted by molar-refractivity contribution is 0.246. The van der Waals surface area contributed by atoms with Crippen molar-refractivity contribution in [2.45, 2.75) is 26.7 Å². The van der Waals surface area contributed by atoms with E-state index in [1.165, 1.54) is 0 Å². The number of aliphatic imine (C=N–C) groups is 1. The molecule has 0 amide bonds. The van der Waals surface area contributed by atoms with Crippen LogP contribution in [0.3, 0.4) is 0 Å². The average Bonchev–Trinajstić information content (AvgIpc) is 2.37. The molecule has 1 atom stereocenters. The normalized spacial score (nSPS) is 13.6. The van der Waals surface area contributed by atoms with E-state index >= 15 is 0 Å². The molecule has 106 valence electrons. The predicted molar refractivity (Wildman–Crippen MR) is 81.2 cm³/mol. The molecule has 19 heavy (non-hydrogen) atoms. The van der Waals surface area contributed by atoms with Crippen LogP contribution in [0.5, 0.6) is 0 Å². The molecule has 0 saturated carbocycles. The summed E-state index contributed by atoms with van der Waals surface area (Å²) in [4.78, 5) is 4.36. The van der Waals surface area contributed by atoms with Gasteiger partial charge >= 0.3 is 0 Å². The third-order valence-electron chi connectivity index (χ3n) is 2.91. The minimum Gasteiger partial charge on any atom is -0.396 e. The summed E-state index contributed by atoms with van der Waals surface area (Å²) in [6.07, 6.45) is 1.84. The molecule has 0 aliphatic rings. The highest BCUT2D eigenvalue weighted by molar-refractivity contribution is 5.92. The van der Waals surface area contributed by atoms with Gasteiger partial charge in [-0.2, -0.15) is 0 Å². The third-order valence-corrected chi connectivity index (χ3v) is 2.91. The van der Waals surface area contributed by atoms with E-state index in [-0.39, 0.29) is 6.61 Å². The summed E-state index contributed by atoms with van der Waals surface area (Å²) in [6, 6.07) is 9.74. The van der Waals surface area contributed by atoms with Gasteiger partial charge in [-0.15, -0.1) is 0 Å². The smallest absolute Gasteiger partial charge is 0.193 e. The minimum atomic E-state index is 0.207. The molecule has 1 unspecified atom stereocenters. The van der Waals surface area contributed by atoms with Crippen LogP contribution in [0, 0.1) is 11.8 Å². The van der Waals surface area contributed by atoms with Gasteiger partial charge in [-0.1, -0.05) is 32.0 Å². The van der Waals surface area contributed by atoms with Crippen molar-refractivity contribution < 1.29 is 5.11 Å². The van der Waals surface area contributed by atoms with E-state index in [0.29, 0.717) is 24.3 Å². The van der Waals surface area contributed by atoms with Gasteiger partial charge in [0.2, 0.25) is 0 Å².